The molecule has 0 bridgehead atoms. The summed E-state index contributed by atoms with van der Waals surface area (Å²) >= 11 is 0. The van der Waals surface area contributed by atoms with E-state index in [0.717, 1.165) is 13.0 Å². The maximum atomic E-state index is 3.61. The SMILES string of the molecule is Cc1ccccc1N(C)CC1Cc2ccccc2N1. The van der Waals surface area contributed by atoms with Gasteiger partial charge in [0, 0.05) is 31.0 Å². The fraction of sp³-hybridized carbons (Fsp3) is 0.294. The van der Waals surface area contributed by atoms with Crippen molar-refractivity contribution in [1.29, 1.82) is 0 Å². The largest absolute Gasteiger partial charge is 0.380 e. The third kappa shape index (κ3) is 2.43. The molecule has 1 N–H and O–H groups in total. The molecule has 98 valence electrons. The lowest BCUT2D eigenvalue weighted by atomic mass is 10.1. The molecule has 0 saturated carbocycles. The Bertz CT molecular complexity index is 552. The van der Waals surface area contributed by atoms with Crippen molar-refractivity contribution >= 4 is 11.4 Å². The molecule has 0 aliphatic carbocycles. The number of benzene rings is 2. The predicted octanol–water partition coefficient (Wildman–Crippen LogP) is 3.47. The van der Waals surface area contributed by atoms with Gasteiger partial charge in [0.1, 0.15) is 0 Å². The van der Waals surface area contributed by atoms with Crippen molar-refractivity contribution in [2.45, 2.75) is 19.4 Å². The number of nitrogens with zero attached hydrogens (tertiary/aromatic N) is 1. The van der Waals surface area contributed by atoms with Crippen molar-refractivity contribution in [3.05, 3.63) is 59.7 Å². The molecule has 0 radical (unpaired) electrons. The van der Waals surface area contributed by atoms with E-state index in [1.165, 1.54) is 22.5 Å². The molecule has 2 aromatic carbocycles. The van der Waals surface area contributed by atoms with Crippen molar-refractivity contribution in [3.63, 3.8) is 0 Å². The Hall–Kier alpha value is -1.96. The first-order valence-electron chi connectivity index (χ1n) is 6.85. The normalized spacial score (nSPS) is 16.8. The molecule has 3 rings (SSSR count). The van der Waals surface area contributed by atoms with Crippen LogP contribution in [0, 0.1) is 6.92 Å². The summed E-state index contributed by atoms with van der Waals surface area (Å²) < 4.78 is 0. The minimum atomic E-state index is 0.502. The summed E-state index contributed by atoms with van der Waals surface area (Å²) in [7, 11) is 2.17. The highest BCUT2D eigenvalue weighted by Gasteiger charge is 2.21. The van der Waals surface area contributed by atoms with E-state index in [0.29, 0.717) is 6.04 Å². The quantitative estimate of drug-likeness (QED) is 0.900. The number of hydrogen-bond donors (Lipinski definition) is 1. The van der Waals surface area contributed by atoms with Gasteiger partial charge < -0.3 is 10.2 Å². The van der Waals surface area contributed by atoms with Crippen LogP contribution < -0.4 is 10.2 Å². The molecule has 2 heteroatoms. The Balaban J connectivity index is 1.69. The molecule has 1 atom stereocenters. The van der Waals surface area contributed by atoms with Crippen LogP contribution >= 0.6 is 0 Å². The molecule has 0 fully saturated rings. The smallest absolute Gasteiger partial charge is 0.0477 e. The maximum absolute atomic E-state index is 3.61. The van der Waals surface area contributed by atoms with Gasteiger partial charge in [0.15, 0.2) is 0 Å². The van der Waals surface area contributed by atoms with Crippen molar-refractivity contribution in [2.75, 3.05) is 23.8 Å². The number of fused-ring (bicyclic) bond motifs is 1. The Morgan fingerprint density at radius 2 is 1.84 bits per heavy atom. The highest BCUT2D eigenvalue weighted by atomic mass is 15.1. The molecule has 19 heavy (non-hydrogen) atoms. The zero-order valence-electron chi connectivity index (χ0n) is 11.6. The van der Waals surface area contributed by atoms with Gasteiger partial charge in [-0.15, -0.1) is 0 Å². The van der Waals surface area contributed by atoms with E-state index in [9.17, 15) is 0 Å². The first kappa shape index (κ1) is 12.1. The molecule has 0 amide bonds. The molecule has 1 unspecified atom stereocenters. The zero-order valence-corrected chi connectivity index (χ0v) is 11.6. The van der Waals surface area contributed by atoms with Crippen LogP contribution in [-0.2, 0) is 6.42 Å². The number of likely N-dealkylation sites (N-methyl/N-ethyl adjacent to an activating group) is 1. The number of nitrogens with one attached hydrogen (secondary N) is 1. The molecule has 0 spiro atoms. The summed E-state index contributed by atoms with van der Waals surface area (Å²) in [5, 5.41) is 3.61. The van der Waals surface area contributed by atoms with Crippen LogP contribution in [0.4, 0.5) is 11.4 Å². The number of rotatable bonds is 3. The molecule has 0 saturated heterocycles. The van der Waals surface area contributed by atoms with Gasteiger partial charge in [-0.05, 0) is 36.6 Å². The monoisotopic (exact) mass is 252 g/mol. The predicted molar refractivity (Wildman–Crippen MR) is 82.0 cm³/mol. The number of hydrogen-bond acceptors (Lipinski definition) is 2. The summed E-state index contributed by atoms with van der Waals surface area (Å²) in [5.41, 5.74) is 5.39. The second-order valence-electron chi connectivity index (χ2n) is 5.37. The van der Waals surface area contributed by atoms with Gasteiger partial charge in [0.25, 0.3) is 0 Å². The fourth-order valence-corrected chi connectivity index (χ4v) is 2.91. The average molecular weight is 252 g/mol. The van der Waals surface area contributed by atoms with Gasteiger partial charge >= 0.3 is 0 Å². The maximum Gasteiger partial charge on any atom is 0.0477 e. The van der Waals surface area contributed by atoms with Gasteiger partial charge in [-0.3, -0.25) is 0 Å². The van der Waals surface area contributed by atoms with Crippen molar-refractivity contribution in [2.24, 2.45) is 0 Å². The van der Waals surface area contributed by atoms with Gasteiger partial charge in [0.2, 0.25) is 0 Å². The van der Waals surface area contributed by atoms with E-state index < -0.39 is 0 Å². The van der Waals surface area contributed by atoms with Crippen molar-refractivity contribution in [3.8, 4) is 0 Å². The van der Waals surface area contributed by atoms with E-state index >= 15 is 0 Å². The van der Waals surface area contributed by atoms with E-state index in [1.54, 1.807) is 0 Å². The lowest BCUT2D eigenvalue weighted by molar-refractivity contribution is 0.724. The minimum Gasteiger partial charge on any atom is -0.380 e. The molecule has 1 aliphatic heterocycles. The van der Waals surface area contributed by atoms with Crippen LogP contribution in [0.1, 0.15) is 11.1 Å². The summed E-state index contributed by atoms with van der Waals surface area (Å²) in [6, 6.07) is 17.7. The van der Waals surface area contributed by atoms with Crippen LogP contribution in [0.5, 0.6) is 0 Å². The number of aryl methyl sites for hydroxylation is 1. The standard InChI is InChI=1S/C17H20N2/c1-13-7-3-6-10-17(13)19(2)12-15-11-14-8-4-5-9-16(14)18-15/h3-10,15,18H,11-12H2,1-2H3. The van der Waals surface area contributed by atoms with E-state index in [4.69, 9.17) is 0 Å². The average Bonchev–Trinajstić information content (AvgIpc) is 2.81. The molecule has 1 heterocycles. The third-order valence-electron chi connectivity index (χ3n) is 3.86. The molecular weight excluding hydrogens is 232 g/mol. The topological polar surface area (TPSA) is 15.3 Å². The molecule has 1 aliphatic rings. The first-order chi connectivity index (χ1) is 9.24. The molecule has 2 nitrogen and oxygen atoms in total. The van der Waals surface area contributed by atoms with Crippen LogP contribution in [0.3, 0.4) is 0 Å². The Morgan fingerprint density at radius 3 is 2.63 bits per heavy atom. The van der Waals surface area contributed by atoms with E-state index in [1.807, 2.05) is 0 Å². The van der Waals surface area contributed by atoms with Crippen molar-refractivity contribution in [1.82, 2.24) is 0 Å². The molecular formula is C17H20N2. The Morgan fingerprint density at radius 1 is 1.11 bits per heavy atom. The Labute approximate surface area is 115 Å². The minimum absolute atomic E-state index is 0.502. The van der Waals surface area contributed by atoms with E-state index in [-0.39, 0.29) is 0 Å². The zero-order chi connectivity index (χ0) is 13.2. The van der Waals surface area contributed by atoms with Crippen LogP contribution in [0.25, 0.3) is 0 Å². The highest BCUT2D eigenvalue weighted by Crippen LogP contribution is 2.26. The lowest BCUT2D eigenvalue weighted by Crippen LogP contribution is -2.33. The first-order valence-corrected chi connectivity index (χ1v) is 6.85. The van der Waals surface area contributed by atoms with E-state index in [2.05, 4.69) is 72.7 Å². The summed E-state index contributed by atoms with van der Waals surface area (Å²) in [4.78, 5) is 2.35. The number of para-hydroxylation sites is 2. The second-order valence-corrected chi connectivity index (χ2v) is 5.37. The summed E-state index contributed by atoms with van der Waals surface area (Å²) in [6.07, 6.45) is 1.12. The van der Waals surface area contributed by atoms with Crippen LogP contribution in [-0.4, -0.2) is 19.6 Å². The van der Waals surface area contributed by atoms with Crippen molar-refractivity contribution < 1.29 is 0 Å². The Kier molecular flexibility index (Phi) is 3.16. The third-order valence-corrected chi connectivity index (χ3v) is 3.86. The molecule has 0 aromatic heterocycles. The fourth-order valence-electron chi connectivity index (χ4n) is 2.91. The summed E-state index contributed by atoms with van der Waals surface area (Å²) in [5.74, 6) is 0. The van der Waals surface area contributed by atoms with Gasteiger partial charge in [-0.25, -0.2) is 0 Å². The van der Waals surface area contributed by atoms with Gasteiger partial charge in [-0.1, -0.05) is 36.4 Å². The van der Waals surface area contributed by atoms with Crippen LogP contribution in [0.15, 0.2) is 48.5 Å². The highest BCUT2D eigenvalue weighted by molar-refractivity contribution is 5.58. The van der Waals surface area contributed by atoms with Gasteiger partial charge in [-0.2, -0.15) is 0 Å². The van der Waals surface area contributed by atoms with Gasteiger partial charge in [0.05, 0.1) is 0 Å². The van der Waals surface area contributed by atoms with Crippen LogP contribution in [0.2, 0.25) is 0 Å². The lowest BCUT2D eigenvalue weighted by Gasteiger charge is -2.25. The number of anilines is 2. The summed E-state index contributed by atoms with van der Waals surface area (Å²) in [6.45, 7) is 3.20. The molecule has 2 aromatic rings. The second kappa shape index (κ2) is 4.96.